The van der Waals surface area contributed by atoms with Crippen molar-refractivity contribution in [3.63, 3.8) is 0 Å². The van der Waals surface area contributed by atoms with Gasteiger partial charge < -0.3 is 24.6 Å². The summed E-state index contributed by atoms with van der Waals surface area (Å²) < 4.78 is 11.7. The lowest BCUT2D eigenvalue weighted by atomic mass is 10.1. The monoisotopic (exact) mass is 482 g/mol. The second kappa shape index (κ2) is 14.0. The Labute approximate surface area is 177 Å². The highest BCUT2D eigenvalue weighted by Crippen LogP contribution is 2.20. The van der Waals surface area contributed by atoms with Crippen molar-refractivity contribution in [3.05, 3.63) is 0 Å². The minimum Gasteiger partial charge on any atom is -0.375 e. The SMILES string of the molecule is CCCN(CCC)CCCNC(=NC)N1CCOC(C2CCCO2)C1.I. The molecule has 2 saturated heterocycles. The molecule has 2 atom stereocenters. The fourth-order valence-corrected chi connectivity index (χ4v) is 3.79. The van der Waals surface area contributed by atoms with E-state index < -0.39 is 0 Å². The Hall–Kier alpha value is -0.120. The van der Waals surface area contributed by atoms with E-state index >= 15 is 0 Å². The zero-order valence-electron chi connectivity index (χ0n) is 16.9. The molecule has 2 aliphatic rings. The van der Waals surface area contributed by atoms with Gasteiger partial charge in [-0.2, -0.15) is 0 Å². The Morgan fingerprint density at radius 1 is 1.12 bits per heavy atom. The number of hydrogen-bond donors (Lipinski definition) is 1. The molecule has 7 heteroatoms. The fourth-order valence-electron chi connectivity index (χ4n) is 3.79. The summed E-state index contributed by atoms with van der Waals surface area (Å²) in [5.74, 6) is 1.00. The van der Waals surface area contributed by atoms with E-state index in [0.717, 1.165) is 64.6 Å². The van der Waals surface area contributed by atoms with Gasteiger partial charge in [-0.05, 0) is 51.7 Å². The molecule has 0 amide bonds. The highest BCUT2D eigenvalue weighted by Gasteiger charge is 2.32. The largest absolute Gasteiger partial charge is 0.375 e. The van der Waals surface area contributed by atoms with Gasteiger partial charge in [-0.3, -0.25) is 4.99 Å². The van der Waals surface area contributed by atoms with E-state index in [2.05, 4.69) is 34.0 Å². The highest BCUT2D eigenvalue weighted by molar-refractivity contribution is 14.0. The fraction of sp³-hybridized carbons (Fsp3) is 0.947. The van der Waals surface area contributed by atoms with Gasteiger partial charge in [0.25, 0.3) is 0 Å². The van der Waals surface area contributed by atoms with E-state index in [1.165, 1.54) is 25.9 Å². The van der Waals surface area contributed by atoms with Crippen LogP contribution in [0.5, 0.6) is 0 Å². The van der Waals surface area contributed by atoms with Gasteiger partial charge in [0.15, 0.2) is 5.96 Å². The maximum atomic E-state index is 5.94. The first kappa shape index (κ1) is 23.9. The number of guanidine groups is 1. The van der Waals surface area contributed by atoms with Crippen molar-refractivity contribution in [2.45, 2.75) is 58.2 Å². The number of halogens is 1. The molecule has 2 unspecified atom stereocenters. The number of ether oxygens (including phenoxy) is 2. The van der Waals surface area contributed by atoms with Crippen molar-refractivity contribution in [3.8, 4) is 0 Å². The molecule has 0 radical (unpaired) electrons. The van der Waals surface area contributed by atoms with Crippen LogP contribution >= 0.6 is 24.0 Å². The minimum absolute atomic E-state index is 0. The third-order valence-electron chi connectivity index (χ3n) is 5.00. The summed E-state index contributed by atoms with van der Waals surface area (Å²) in [5.41, 5.74) is 0. The Morgan fingerprint density at radius 3 is 2.46 bits per heavy atom. The van der Waals surface area contributed by atoms with Crippen LogP contribution in [-0.2, 0) is 9.47 Å². The maximum absolute atomic E-state index is 5.94. The topological polar surface area (TPSA) is 49.3 Å². The molecule has 0 saturated carbocycles. The number of rotatable bonds is 9. The van der Waals surface area contributed by atoms with Gasteiger partial charge in [-0.25, -0.2) is 0 Å². The predicted octanol–water partition coefficient (Wildman–Crippen LogP) is 2.57. The molecular formula is C19H39IN4O2. The van der Waals surface area contributed by atoms with Crippen LogP contribution in [0.25, 0.3) is 0 Å². The normalized spacial score (nSPS) is 24.0. The summed E-state index contributed by atoms with van der Waals surface area (Å²) in [6.07, 6.45) is 6.33. The maximum Gasteiger partial charge on any atom is 0.193 e. The van der Waals surface area contributed by atoms with Crippen molar-refractivity contribution in [2.24, 2.45) is 4.99 Å². The van der Waals surface area contributed by atoms with E-state index in [-0.39, 0.29) is 36.2 Å². The summed E-state index contributed by atoms with van der Waals surface area (Å²) >= 11 is 0. The smallest absolute Gasteiger partial charge is 0.193 e. The molecule has 0 aromatic rings. The van der Waals surface area contributed by atoms with Crippen molar-refractivity contribution in [1.29, 1.82) is 0 Å². The molecule has 2 rings (SSSR count). The first-order valence-corrected chi connectivity index (χ1v) is 10.2. The van der Waals surface area contributed by atoms with Crippen LogP contribution in [-0.4, -0.2) is 87.5 Å². The molecule has 154 valence electrons. The van der Waals surface area contributed by atoms with Crippen molar-refractivity contribution in [2.75, 3.05) is 59.5 Å². The summed E-state index contributed by atoms with van der Waals surface area (Å²) in [4.78, 5) is 9.37. The Morgan fingerprint density at radius 2 is 1.85 bits per heavy atom. The standard InChI is InChI=1S/C19H38N4O2.HI/c1-4-10-22(11-5-2)12-7-9-21-19(20-3)23-13-15-25-18(16-23)17-8-6-14-24-17;/h17-18H,4-16H2,1-3H3,(H,20,21);1H. The molecule has 6 nitrogen and oxygen atoms in total. The van der Waals surface area contributed by atoms with Crippen molar-refractivity contribution >= 4 is 29.9 Å². The lowest BCUT2D eigenvalue weighted by Gasteiger charge is -2.37. The van der Waals surface area contributed by atoms with Crippen molar-refractivity contribution < 1.29 is 9.47 Å². The van der Waals surface area contributed by atoms with Gasteiger partial charge in [-0.15, -0.1) is 24.0 Å². The molecule has 1 N–H and O–H groups in total. The second-order valence-electron chi connectivity index (χ2n) is 7.08. The number of aliphatic imine (C=N–C) groups is 1. The molecule has 26 heavy (non-hydrogen) atoms. The highest BCUT2D eigenvalue weighted by atomic mass is 127. The van der Waals surface area contributed by atoms with Crippen LogP contribution in [0.1, 0.15) is 46.0 Å². The third-order valence-corrected chi connectivity index (χ3v) is 5.00. The van der Waals surface area contributed by atoms with Gasteiger partial charge >= 0.3 is 0 Å². The van der Waals surface area contributed by atoms with Crippen LogP contribution in [0.15, 0.2) is 4.99 Å². The van der Waals surface area contributed by atoms with Crippen LogP contribution in [0.4, 0.5) is 0 Å². The first-order valence-electron chi connectivity index (χ1n) is 10.2. The zero-order valence-corrected chi connectivity index (χ0v) is 19.2. The van der Waals surface area contributed by atoms with Gasteiger partial charge in [0.2, 0.25) is 0 Å². The van der Waals surface area contributed by atoms with Crippen LogP contribution in [0.3, 0.4) is 0 Å². The average molecular weight is 482 g/mol. The Balaban J connectivity index is 0.00000338. The van der Waals surface area contributed by atoms with E-state index in [9.17, 15) is 0 Å². The van der Waals surface area contributed by atoms with Crippen LogP contribution < -0.4 is 5.32 Å². The molecule has 2 aliphatic heterocycles. The first-order chi connectivity index (χ1) is 12.3. The Kier molecular flexibility index (Phi) is 12.8. The average Bonchev–Trinajstić information content (AvgIpc) is 3.17. The molecule has 0 aliphatic carbocycles. The van der Waals surface area contributed by atoms with Gasteiger partial charge in [0.05, 0.1) is 12.7 Å². The summed E-state index contributed by atoms with van der Waals surface area (Å²) in [5, 5.41) is 3.54. The van der Waals surface area contributed by atoms with Crippen LogP contribution in [0.2, 0.25) is 0 Å². The summed E-state index contributed by atoms with van der Waals surface area (Å²) in [6.45, 7) is 12.5. The number of nitrogens with zero attached hydrogens (tertiary/aromatic N) is 3. The van der Waals surface area contributed by atoms with E-state index in [4.69, 9.17) is 9.47 Å². The third kappa shape index (κ3) is 7.86. The second-order valence-corrected chi connectivity index (χ2v) is 7.08. The van der Waals surface area contributed by atoms with Gasteiger partial charge in [0.1, 0.15) is 6.10 Å². The van der Waals surface area contributed by atoms with Crippen LogP contribution in [0, 0.1) is 0 Å². The number of nitrogens with one attached hydrogen (secondary N) is 1. The van der Waals surface area contributed by atoms with E-state index in [1.54, 1.807) is 0 Å². The van der Waals surface area contributed by atoms with Gasteiger partial charge in [-0.1, -0.05) is 13.8 Å². The number of hydrogen-bond acceptors (Lipinski definition) is 4. The molecule has 0 aromatic heterocycles. The van der Waals surface area contributed by atoms with Gasteiger partial charge in [0, 0.05) is 33.3 Å². The Bertz CT molecular complexity index is 386. The zero-order chi connectivity index (χ0) is 17.9. The lowest BCUT2D eigenvalue weighted by molar-refractivity contribution is -0.0816. The quantitative estimate of drug-likeness (QED) is 0.237. The summed E-state index contributed by atoms with van der Waals surface area (Å²) in [6, 6.07) is 0. The van der Waals surface area contributed by atoms with E-state index in [1.807, 2.05) is 7.05 Å². The predicted molar refractivity (Wildman–Crippen MR) is 119 cm³/mol. The minimum atomic E-state index is 0. The van der Waals surface area contributed by atoms with E-state index in [0.29, 0.717) is 0 Å². The molecule has 0 spiro atoms. The molecule has 0 bridgehead atoms. The molecule has 2 fully saturated rings. The lowest BCUT2D eigenvalue weighted by Crippen LogP contribution is -2.53. The molecular weight excluding hydrogens is 443 g/mol. The number of morpholine rings is 1. The molecule has 2 heterocycles. The van der Waals surface area contributed by atoms with Crippen molar-refractivity contribution in [1.82, 2.24) is 15.1 Å². The molecule has 0 aromatic carbocycles. The summed E-state index contributed by atoms with van der Waals surface area (Å²) in [7, 11) is 1.87.